The molecule has 8 heteroatoms. The minimum atomic E-state index is -0.530. The van der Waals surface area contributed by atoms with Crippen molar-refractivity contribution in [2.45, 2.75) is 44.1 Å². The van der Waals surface area contributed by atoms with Crippen molar-refractivity contribution in [2.24, 2.45) is 11.1 Å². The van der Waals surface area contributed by atoms with E-state index >= 15 is 0 Å². The van der Waals surface area contributed by atoms with Gasteiger partial charge in [-0.15, -0.1) is 5.10 Å². The fourth-order valence-electron chi connectivity index (χ4n) is 3.15. The Kier molecular flexibility index (Phi) is 3.24. The highest BCUT2D eigenvalue weighted by atomic mass is 16.6. The predicted molar refractivity (Wildman–Crippen MR) is 75.3 cm³/mol. The maximum absolute atomic E-state index is 12.5. The summed E-state index contributed by atoms with van der Waals surface area (Å²) >= 11 is 0. The largest absolute Gasteiger partial charge is 0.434 e. The van der Waals surface area contributed by atoms with Gasteiger partial charge in [0.05, 0.1) is 5.71 Å². The number of nitrogens with zero attached hydrogens (tertiary/aromatic N) is 3. The van der Waals surface area contributed by atoms with Crippen LogP contribution in [-0.2, 0) is 9.63 Å². The number of carbonyl (C=O) groups is 1. The van der Waals surface area contributed by atoms with Crippen LogP contribution in [0.1, 0.15) is 43.9 Å². The summed E-state index contributed by atoms with van der Waals surface area (Å²) in [5.41, 5.74) is 1.05. The van der Waals surface area contributed by atoms with Crippen molar-refractivity contribution in [3.63, 3.8) is 0 Å². The number of carbonyl (C=O) groups excluding carboxylic acids is 1. The van der Waals surface area contributed by atoms with Crippen LogP contribution in [0.15, 0.2) is 14.4 Å². The number of oxime groups is 1. The molecule has 118 valence electrons. The topological polar surface area (TPSA) is 101 Å². The summed E-state index contributed by atoms with van der Waals surface area (Å²) in [5, 5.41) is 10.2. The van der Waals surface area contributed by atoms with Crippen LogP contribution in [0.5, 0.6) is 0 Å². The summed E-state index contributed by atoms with van der Waals surface area (Å²) in [4.78, 5) is 30.6. The molecule has 0 radical (unpaired) electrons. The molecule has 0 bridgehead atoms. The van der Waals surface area contributed by atoms with Gasteiger partial charge in [-0.3, -0.25) is 4.79 Å². The van der Waals surface area contributed by atoms with Crippen LogP contribution in [0.25, 0.3) is 0 Å². The zero-order valence-electron chi connectivity index (χ0n) is 12.2. The molecule has 1 aromatic heterocycles. The van der Waals surface area contributed by atoms with Gasteiger partial charge < -0.3 is 14.2 Å². The molecule has 1 unspecified atom stereocenters. The van der Waals surface area contributed by atoms with E-state index in [1.54, 1.807) is 0 Å². The molecule has 8 nitrogen and oxygen atoms in total. The van der Waals surface area contributed by atoms with Gasteiger partial charge in [0, 0.05) is 31.3 Å². The molecule has 3 heterocycles. The van der Waals surface area contributed by atoms with Gasteiger partial charge in [-0.2, -0.15) is 0 Å². The van der Waals surface area contributed by atoms with E-state index < -0.39 is 11.9 Å². The highest BCUT2D eigenvalue weighted by Crippen LogP contribution is 2.35. The van der Waals surface area contributed by atoms with Crippen LogP contribution in [0, 0.1) is 5.92 Å². The Morgan fingerprint density at radius 3 is 2.59 bits per heavy atom. The van der Waals surface area contributed by atoms with Gasteiger partial charge >= 0.3 is 5.76 Å². The molecule has 2 fully saturated rings. The van der Waals surface area contributed by atoms with Gasteiger partial charge in [-0.1, -0.05) is 5.16 Å². The van der Waals surface area contributed by atoms with E-state index in [2.05, 4.69) is 15.4 Å². The minimum Gasteiger partial charge on any atom is -0.392 e. The second-order valence-corrected chi connectivity index (χ2v) is 6.21. The average Bonchev–Trinajstić information content (AvgIpc) is 3.11. The van der Waals surface area contributed by atoms with Crippen molar-refractivity contribution < 1.29 is 14.0 Å². The Labute approximate surface area is 126 Å². The molecule has 0 spiro atoms. The summed E-state index contributed by atoms with van der Waals surface area (Å²) in [5.74, 6) is 0.560. The van der Waals surface area contributed by atoms with Crippen molar-refractivity contribution in [3.05, 3.63) is 16.4 Å². The molecule has 3 aliphatic rings. The maximum Gasteiger partial charge on any atom is 0.434 e. The number of aromatic amines is 1. The fourth-order valence-corrected chi connectivity index (χ4v) is 3.15. The Hall–Kier alpha value is -2.12. The summed E-state index contributed by atoms with van der Waals surface area (Å²) in [7, 11) is 0. The summed E-state index contributed by atoms with van der Waals surface area (Å²) in [6.45, 7) is 1.25. The molecule has 22 heavy (non-hydrogen) atoms. The molecule has 1 atom stereocenters. The highest BCUT2D eigenvalue weighted by molar-refractivity contribution is 5.95. The zero-order chi connectivity index (χ0) is 15.1. The first kappa shape index (κ1) is 13.5. The predicted octanol–water partition coefficient (Wildman–Crippen LogP) is 0.624. The summed E-state index contributed by atoms with van der Waals surface area (Å²) < 4.78 is 5.00. The molecular weight excluding hydrogens is 288 g/mol. The number of H-pyrrole nitrogens is 1. The van der Waals surface area contributed by atoms with Gasteiger partial charge in [-0.25, -0.2) is 9.89 Å². The van der Waals surface area contributed by atoms with Gasteiger partial charge in [-0.05, 0) is 25.7 Å². The van der Waals surface area contributed by atoms with Crippen LogP contribution in [-0.4, -0.2) is 45.9 Å². The first-order valence-corrected chi connectivity index (χ1v) is 7.77. The maximum atomic E-state index is 12.5. The van der Waals surface area contributed by atoms with Gasteiger partial charge in [0.1, 0.15) is 0 Å². The van der Waals surface area contributed by atoms with E-state index in [1.165, 1.54) is 12.8 Å². The molecule has 2 aliphatic heterocycles. The van der Waals surface area contributed by atoms with Crippen LogP contribution >= 0.6 is 0 Å². The third kappa shape index (κ3) is 2.53. The van der Waals surface area contributed by atoms with E-state index in [4.69, 9.17) is 9.25 Å². The van der Waals surface area contributed by atoms with Crippen LogP contribution in [0.2, 0.25) is 0 Å². The van der Waals surface area contributed by atoms with Gasteiger partial charge in [0.25, 0.3) is 5.91 Å². The lowest BCUT2D eigenvalue weighted by Gasteiger charge is -2.31. The number of hydrogen-bond acceptors (Lipinski definition) is 6. The number of nitrogens with one attached hydrogen (secondary N) is 1. The van der Waals surface area contributed by atoms with Crippen molar-refractivity contribution in [2.75, 3.05) is 13.1 Å². The third-order valence-corrected chi connectivity index (χ3v) is 4.63. The Bertz CT molecular complexity index is 652. The van der Waals surface area contributed by atoms with Gasteiger partial charge in [0.2, 0.25) is 12.0 Å². The van der Waals surface area contributed by atoms with E-state index in [0.29, 0.717) is 31.3 Å². The highest BCUT2D eigenvalue weighted by Gasteiger charge is 2.39. The molecule has 1 aliphatic carbocycles. The van der Waals surface area contributed by atoms with Crippen molar-refractivity contribution >= 4 is 11.6 Å². The molecule has 1 saturated carbocycles. The van der Waals surface area contributed by atoms with Crippen LogP contribution < -0.4 is 5.76 Å². The molecule has 0 aromatic carbocycles. The molecule has 1 aromatic rings. The smallest absolute Gasteiger partial charge is 0.392 e. The Balaban J connectivity index is 1.31. The molecule has 1 N–H and O–H groups in total. The Morgan fingerprint density at radius 2 is 1.95 bits per heavy atom. The zero-order valence-corrected chi connectivity index (χ0v) is 12.2. The number of aromatic nitrogens is 2. The van der Waals surface area contributed by atoms with Crippen LogP contribution in [0.3, 0.4) is 0 Å². The lowest BCUT2D eigenvalue weighted by molar-refractivity contribution is -0.143. The number of rotatable bonds is 3. The van der Waals surface area contributed by atoms with E-state index in [9.17, 15) is 9.59 Å². The standard InChI is InChI=1S/C14H18N4O4/c19-13(11-7-10(17-22-11)8-1-2-8)18-5-3-9(4-6-18)12-15-16-14(20)21-12/h8-9,11H,1-7H2,(H,16,20). The molecule has 1 saturated heterocycles. The van der Waals surface area contributed by atoms with Gasteiger partial charge in [0.15, 0.2) is 0 Å². The van der Waals surface area contributed by atoms with E-state index in [-0.39, 0.29) is 11.8 Å². The minimum absolute atomic E-state index is 0.0151. The number of piperidine rings is 1. The second kappa shape index (κ2) is 5.26. The molecular formula is C14H18N4O4. The molecule has 4 rings (SSSR count). The van der Waals surface area contributed by atoms with E-state index in [1.807, 2.05) is 4.90 Å². The first-order chi connectivity index (χ1) is 10.7. The number of hydrogen-bond donors (Lipinski definition) is 1. The van der Waals surface area contributed by atoms with Crippen molar-refractivity contribution in [1.29, 1.82) is 0 Å². The lowest BCUT2D eigenvalue weighted by Crippen LogP contribution is -2.43. The Morgan fingerprint density at radius 1 is 1.18 bits per heavy atom. The summed E-state index contributed by atoms with van der Waals surface area (Å²) in [6, 6.07) is 0. The second-order valence-electron chi connectivity index (χ2n) is 6.21. The third-order valence-electron chi connectivity index (χ3n) is 4.63. The lowest BCUT2D eigenvalue weighted by atomic mass is 9.96. The SMILES string of the molecule is O=C(C1CC(C2CC2)=NO1)N1CCC(c2n[nH]c(=O)o2)CC1. The number of likely N-dealkylation sites (tertiary alicyclic amines) is 1. The average molecular weight is 306 g/mol. The van der Waals surface area contributed by atoms with Crippen molar-refractivity contribution in [1.82, 2.24) is 15.1 Å². The van der Waals surface area contributed by atoms with Crippen LogP contribution in [0.4, 0.5) is 0 Å². The first-order valence-electron chi connectivity index (χ1n) is 7.77. The van der Waals surface area contributed by atoms with Crippen molar-refractivity contribution in [3.8, 4) is 0 Å². The fraction of sp³-hybridized carbons (Fsp3) is 0.714. The number of amides is 1. The quantitative estimate of drug-likeness (QED) is 0.882. The molecule has 1 amide bonds. The van der Waals surface area contributed by atoms with E-state index in [0.717, 1.165) is 18.6 Å². The monoisotopic (exact) mass is 306 g/mol. The normalized spacial score (nSPS) is 25.9. The summed E-state index contributed by atoms with van der Waals surface area (Å²) in [6.07, 6.45) is 4.01.